The van der Waals surface area contributed by atoms with Crippen LogP contribution in [0.1, 0.15) is 52.9 Å². The number of carbonyl (C=O) groups is 2. The quantitative estimate of drug-likeness (QED) is 0.795. The van der Waals surface area contributed by atoms with Crippen LogP contribution in [0.3, 0.4) is 0 Å². The van der Waals surface area contributed by atoms with Crippen molar-refractivity contribution >= 4 is 11.9 Å². The fourth-order valence-electron chi connectivity index (χ4n) is 2.49. The van der Waals surface area contributed by atoms with Crippen LogP contribution in [0.4, 0.5) is 0 Å². The summed E-state index contributed by atoms with van der Waals surface area (Å²) < 4.78 is 0. The van der Waals surface area contributed by atoms with E-state index < -0.39 is 17.0 Å². The average Bonchev–Trinajstić information content (AvgIpc) is 2.37. The lowest BCUT2D eigenvalue weighted by Gasteiger charge is -2.45. The summed E-state index contributed by atoms with van der Waals surface area (Å²) in [6.07, 6.45) is 3.22. The molecule has 1 atom stereocenters. The van der Waals surface area contributed by atoms with Crippen LogP contribution in [-0.2, 0) is 9.59 Å². The summed E-state index contributed by atoms with van der Waals surface area (Å²) in [5, 5.41) is 9.39. The average molecular weight is 256 g/mol. The molecule has 0 radical (unpaired) electrons. The van der Waals surface area contributed by atoms with Gasteiger partial charge in [0.25, 0.3) is 0 Å². The SMILES string of the molecule is CCC(N)(CC)C(=O)N1CCCCC1(C)C(=O)O. The normalized spacial score (nSPS) is 25.0. The molecule has 0 bridgehead atoms. The number of rotatable bonds is 4. The molecule has 1 aliphatic rings. The van der Waals surface area contributed by atoms with E-state index in [9.17, 15) is 14.7 Å². The Kier molecular flexibility index (Phi) is 4.37. The molecule has 0 saturated carbocycles. The van der Waals surface area contributed by atoms with Crippen molar-refractivity contribution in [1.82, 2.24) is 4.90 Å². The lowest BCUT2D eigenvalue weighted by Crippen LogP contribution is -2.64. The van der Waals surface area contributed by atoms with Crippen molar-refractivity contribution < 1.29 is 14.7 Å². The molecule has 1 saturated heterocycles. The van der Waals surface area contributed by atoms with Gasteiger partial charge >= 0.3 is 5.97 Å². The lowest BCUT2D eigenvalue weighted by atomic mass is 9.84. The Balaban J connectivity index is 3.05. The Bertz CT molecular complexity index is 339. The van der Waals surface area contributed by atoms with Gasteiger partial charge in [0.2, 0.25) is 5.91 Å². The van der Waals surface area contributed by atoms with E-state index in [1.165, 1.54) is 4.90 Å². The molecule has 0 aromatic carbocycles. The van der Waals surface area contributed by atoms with Crippen molar-refractivity contribution in [2.75, 3.05) is 6.54 Å². The van der Waals surface area contributed by atoms with Gasteiger partial charge in [-0.2, -0.15) is 0 Å². The van der Waals surface area contributed by atoms with Crippen molar-refractivity contribution in [3.05, 3.63) is 0 Å². The molecule has 5 nitrogen and oxygen atoms in total. The number of likely N-dealkylation sites (tertiary alicyclic amines) is 1. The van der Waals surface area contributed by atoms with Gasteiger partial charge in [-0.3, -0.25) is 4.79 Å². The molecule has 1 rings (SSSR count). The maximum Gasteiger partial charge on any atom is 0.329 e. The minimum absolute atomic E-state index is 0.225. The zero-order valence-electron chi connectivity index (χ0n) is 11.5. The summed E-state index contributed by atoms with van der Waals surface area (Å²) in [7, 11) is 0. The molecule has 104 valence electrons. The second-order valence-corrected chi connectivity index (χ2v) is 5.36. The standard InChI is InChI=1S/C13H24N2O3/c1-4-13(14,5-2)10(16)15-9-7-6-8-12(15,3)11(17)18/h4-9,14H2,1-3H3,(H,17,18). The second kappa shape index (κ2) is 5.26. The van der Waals surface area contributed by atoms with Crippen molar-refractivity contribution in [2.24, 2.45) is 5.73 Å². The Labute approximate surface area is 108 Å². The fourth-order valence-corrected chi connectivity index (χ4v) is 2.49. The highest BCUT2D eigenvalue weighted by molar-refractivity contribution is 5.92. The number of carboxylic acid groups (broad SMARTS) is 1. The Hall–Kier alpha value is -1.10. The Morgan fingerprint density at radius 2 is 1.89 bits per heavy atom. The highest BCUT2D eigenvalue weighted by Gasteiger charge is 2.48. The molecule has 5 heteroatoms. The van der Waals surface area contributed by atoms with Crippen LogP contribution < -0.4 is 5.73 Å². The van der Waals surface area contributed by atoms with E-state index in [1.807, 2.05) is 13.8 Å². The van der Waals surface area contributed by atoms with Gasteiger partial charge in [-0.05, 0) is 39.0 Å². The van der Waals surface area contributed by atoms with Gasteiger partial charge in [-0.1, -0.05) is 13.8 Å². The third kappa shape index (κ3) is 2.36. The first-order chi connectivity index (χ1) is 8.31. The first-order valence-electron chi connectivity index (χ1n) is 6.66. The maximum atomic E-state index is 12.5. The van der Waals surface area contributed by atoms with E-state index in [4.69, 9.17) is 5.73 Å². The molecule has 1 amide bonds. The van der Waals surface area contributed by atoms with E-state index in [0.717, 1.165) is 12.8 Å². The van der Waals surface area contributed by atoms with Gasteiger partial charge in [0.1, 0.15) is 5.54 Å². The summed E-state index contributed by atoms with van der Waals surface area (Å²) in [5.74, 6) is -1.16. The zero-order valence-corrected chi connectivity index (χ0v) is 11.5. The van der Waals surface area contributed by atoms with E-state index in [1.54, 1.807) is 6.92 Å². The molecular weight excluding hydrogens is 232 g/mol. The van der Waals surface area contributed by atoms with Crippen molar-refractivity contribution in [1.29, 1.82) is 0 Å². The van der Waals surface area contributed by atoms with Gasteiger partial charge in [0.15, 0.2) is 0 Å². The fraction of sp³-hybridized carbons (Fsp3) is 0.846. The monoisotopic (exact) mass is 256 g/mol. The number of carbonyl (C=O) groups excluding carboxylic acids is 1. The molecule has 3 N–H and O–H groups in total. The van der Waals surface area contributed by atoms with Crippen molar-refractivity contribution in [3.63, 3.8) is 0 Å². The number of hydrogen-bond acceptors (Lipinski definition) is 3. The number of nitrogens with zero attached hydrogens (tertiary/aromatic N) is 1. The number of piperidine rings is 1. The highest BCUT2D eigenvalue weighted by atomic mass is 16.4. The zero-order chi connectivity index (χ0) is 14.0. The lowest BCUT2D eigenvalue weighted by molar-refractivity contribution is -0.163. The van der Waals surface area contributed by atoms with E-state index in [2.05, 4.69) is 0 Å². The van der Waals surface area contributed by atoms with Crippen molar-refractivity contribution in [2.45, 2.75) is 64.0 Å². The molecule has 1 aliphatic heterocycles. The van der Waals surface area contributed by atoms with Crippen LogP contribution in [-0.4, -0.2) is 39.5 Å². The molecule has 1 fully saturated rings. The number of amides is 1. The largest absolute Gasteiger partial charge is 0.480 e. The van der Waals surface area contributed by atoms with E-state index in [0.29, 0.717) is 25.8 Å². The third-order valence-corrected chi connectivity index (χ3v) is 4.28. The molecule has 0 aromatic heterocycles. The molecule has 1 heterocycles. The second-order valence-electron chi connectivity index (χ2n) is 5.36. The smallest absolute Gasteiger partial charge is 0.329 e. The number of nitrogens with two attached hydrogens (primary N) is 1. The van der Waals surface area contributed by atoms with E-state index >= 15 is 0 Å². The maximum absolute atomic E-state index is 12.5. The molecule has 0 spiro atoms. The number of hydrogen-bond donors (Lipinski definition) is 2. The summed E-state index contributed by atoms with van der Waals surface area (Å²) in [6, 6.07) is 0. The van der Waals surface area contributed by atoms with Crippen LogP contribution >= 0.6 is 0 Å². The van der Waals surface area contributed by atoms with Crippen LogP contribution in [0.15, 0.2) is 0 Å². The first-order valence-corrected chi connectivity index (χ1v) is 6.66. The van der Waals surface area contributed by atoms with Crippen LogP contribution in [0.5, 0.6) is 0 Å². The minimum Gasteiger partial charge on any atom is -0.480 e. The number of aliphatic carboxylic acids is 1. The summed E-state index contributed by atoms with van der Waals surface area (Å²) in [5.41, 5.74) is 4.06. The summed E-state index contributed by atoms with van der Waals surface area (Å²) in [4.78, 5) is 25.5. The van der Waals surface area contributed by atoms with Gasteiger partial charge < -0.3 is 15.7 Å². The Morgan fingerprint density at radius 3 is 2.33 bits per heavy atom. The van der Waals surface area contributed by atoms with Crippen molar-refractivity contribution in [3.8, 4) is 0 Å². The molecule has 0 aliphatic carbocycles. The molecule has 18 heavy (non-hydrogen) atoms. The first kappa shape index (κ1) is 15.0. The molecule has 0 aromatic rings. The van der Waals surface area contributed by atoms with Gasteiger partial charge in [0, 0.05) is 6.54 Å². The predicted molar refractivity (Wildman–Crippen MR) is 69.1 cm³/mol. The minimum atomic E-state index is -1.11. The summed E-state index contributed by atoms with van der Waals surface area (Å²) in [6.45, 7) is 5.84. The molecular formula is C13H24N2O3. The number of carboxylic acids is 1. The third-order valence-electron chi connectivity index (χ3n) is 4.28. The molecule has 1 unspecified atom stereocenters. The van der Waals surface area contributed by atoms with Gasteiger partial charge in [-0.15, -0.1) is 0 Å². The predicted octanol–water partition coefficient (Wildman–Crippen LogP) is 1.36. The van der Waals surface area contributed by atoms with Crippen LogP contribution in [0.25, 0.3) is 0 Å². The summed E-state index contributed by atoms with van der Waals surface area (Å²) >= 11 is 0. The van der Waals surface area contributed by atoms with E-state index in [-0.39, 0.29) is 5.91 Å². The topological polar surface area (TPSA) is 83.6 Å². The Morgan fingerprint density at radius 1 is 1.33 bits per heavy atom. The van der Waals surface area contributed by atoms with Crippen LogP contribution in [0.2, 0.25) is 0 Å². The van der Waals surface area contributed by atoms with Gasteiger partial charge in [-0.25, -0.2) is 4.79 Å². The highest BCUT2D eigenvalue weighted by Crippen LogP contribution is 2.31. The van der Waals surface area contributed by atoms with Crippen LogP contribution in [0, 0.1) is 0 Å². The van der Waals surface area contributed by atoms with Gasteiger partial charge in [0.05, 0.1) is 5.54 Å².